The summed E-state index contributed by atoms with van der Waals surface area (Å²) < 4.78 is 8.80. The van der Waals surface area contributed by atoms with Crippen molar-refractivity contribution in [1.82, 2.24) is 14.0 Å². The van der Waals surface area contributed by atoms with Crippen molar-refractivity contribution in [2.45, 2.75) is 25.4 Å². The second-order valence-corrected chi connectivity index (χ2v) is 8.36. The highest BCUT2D eigenvalue weighted by molar-refractivity contribution is 5.84. The zero-order valence-corrected chi connectivity index (χ0v) is 17.2. The summed E-state index contributed by atoms with van der Waals surface area (Å²) in [5.74, 6) is 1.00. The number of piperidine rings is 1. The van der Waals surface area contributed by atoms with E-state index in [1.807, 2.05) is 39.9 Å². The smallest absolute Gasteiger partial charge is 0.315 e. The number of hydrogen-bond donors (Lipinski definition) is 2. The Kier molecular flexibility index (Phi) is 4.81. The van der Waals surface area contributed by atoms with Crippen LogP contribution in [0.15, 0.2) is 47.4 Å². The van der Waals surface area contributed by atoms with Crippen molar-refractivity contribution in [3.63, 3.8) is 0 Å². The number of nitrogens with one attached hydrogen (secondary N) is 1. The Morgan fingerprint density at radius 2 is 2.06 bits per heavy atom. The maximum absolute atomic E-state index is 13.1. The predicted molar refractivity (Wildman–Crippen MR) is 112 cm³/mol. The average molecular weight is 424 g/mol. The molecule has 31 heavy (non-hydrogen) atoms. The first-order valence-electron chi connectivity index (χ1n) is 10.3. The number of nitrogens with zero attached hydrogens (tertiary/aromatic N) is 3. The third-order valence-electron chi connectivity index (χ3n) is 6.47. The van der Waals surface area contributed by atoms with Gasteiger partial charge in [0.1, 0.15) is 12.3 Å². The maximum Gasteiger partial charge on any atom is 0.315 e. The molecule has 0 saturated carbocycles. The molecule has 3 atom stereocenters. The van der Waals surface area contributed by atoms with Crippen LogP contribution in [-0.4, -0.2) is 45.3 Å². The SMILES string of the molecule is COc1ccc2c(ccn2CC(=O)N2CC3C[C@@H](C2)Cn2c3ccc([NH+]([O-])O)c2=O)c1. The van der Waals surface area contributed by atoms with E-state index in [1.165, 1.54) is 6.07 Å². The second-order valence-electron chi connectivity index (χ2n) is 8.36. The number of fused-ring (bicyclic) bond motifs is 5. The van der Waals surface area contributed by atoms with Crippen LogP contribution in [0.1, 0.15) is 18.0 Å². The molecule has 2 aliphatic heterocycles. The zero-order chi connectivity index (χ0) is 21.7. The lowest BCUT2D eigenvalue weighted by atomic mass is 9.83. The highest BCUT2D eigenvalue weighted by Crippen LogP contribution is 2.35. The van der Waals surface area contributed by atoms with Gasteiger partial charge in [-0.1, -0.05) is 0 Å². The number of pyridine rings is 1. The Hall–Kier alpha value is -3.14. The first kappa shape index (κ1) is 19.8. The summed E-state index contributed by atoms with van der Waals surface area (Å²) in [5.41, 5.74) is 1.15. The molecule has 5 rings (SSSR count). The van der Waals surface area contributed by atoms with Crippen molar-refractivity contribution >= 4 is 22.5 Å². The lowest BCUT2D eigenvalue weighted by molar-refractivity contribution is -0.992. The molecule has 4 heterocycles. The molecule has 1 amide bonds. The summed E-state index contributed by atoms with van der Waals surface area (Å²) in [7, 11) is 1.63. The third kappa shape index (κ3) is 3.40. The Bertz CT molecular complexity index is 1210. The number of aromatic nitrogens is 2. The summed E-state index contributed by atoms with van der Waals surface area (Å²) in [4.78, 5) is 27.6. The average Bonchev–Trinajstić information content (AvgIpc) is 3.15. The predicted octanol–water partition coefficient (Wildman–Crippen LogP) is 0.861. The molecular formula is C22H24N4O5. The summed E-state index contributed by atoms with van der Waals surface area (Å²) >= 11 is 0. The molecule has 1 aromatic carbocycles. The van der Waals surface area contributed by atoms with Gasteiger partial charge in [-0.15, -0.1) is 0 Å². The highest BCUT2D eigenvalue weighted by Gasteiger charge is 2.37. The zero-order valence-electron chi connectivity index (χ0n) is 17.2. The first-order valence-corrected chi connectivity index (χ1v) is 10.3. The number of carbonyl (C=O) groups is 1. The molecule has 3 aromatic rings. The largest absolute Gasteiger partial charge is 0.595 e. The summed E-state index contributed by atoms with van der Waals surface area (Å²) in [6, 6.07) is 10.9. The fraction of sp³-hybridized carbons (Fsp3) is 0.364. The lowest BCUT2D eigenvalue weighted by Gasteiger charge is -2.43. The van der Waals surface area contributed by atoms with Gasteiger partial charge in [0.25, 0.3) is 0 Å². The highest BCUT2D eigenvalue weighted by atomic mass is 16.8. The molecule has 2 aromatic heterocycles. The molecule has 2 unspecified atom stereocenters. The number of amides is 1. The summed E-state index contributed by atoms with van der Waals surface area (Å²) in [5, 5.41) is 20.4. The number of rotatable bonds is 4. The van der Waals surface area contributed by atoms with Crippen LogP contribution in [-0.2, 0) is 17.9 Å². The van der Waals surface area contributed by atoms with E-state index in [-0.39, 0.29) is 30.0 Å². The Labute approximate surface area is 178 Å². The summed E-state index contributed by atoms with van der Waals surface area (Å²) in [6.45, 7) is 1.81. The van der Waals surface area contributed by atoms with Crippen molar-refractivity contribution in [2.75, 3.05) is 20.2 Å². The van der Waals surface area contributed by atoms with Crippen LogP contribution in [0.3, 0.4) is 0 Å². The van der Waals surface area contributed by atoms with Crippen molar-refractivity contribution in [3.8, 4) is 5.75 Å². The van der Waals surface area contributed by atoms with E-state index < -0.39 is 10.8 Å². The number of likely N-dealkylation sites (tertiary alicyclic amines) is 1. The number of methoxy groups -OCH3 is 1. The minimum atomic E-state index is -1.20. The Morgan fingerprint density at radius 1 is 1.23 bits per heavy atom. The van der Waals surface area contributed by atoms with Crippen LogP contribution in [0.5, 0.6) is 5.75 Å². The molecule has 2 bridgehead atoms. The number of ether oxygens (including phenoxy) is 1. The molecule has 0 spiro atoms. The van der Waals surface area contributed by atoms with Crippen molar-refractivity contribution < 1.29 is 20.0 Å². The van der Waals surface area contributed by atoms with Gasteiger partial charge < -0.3 is 24.0 Å². The number of benzene rings is 1. The van der Waals surface area contributed by atoms with Crippen molar-refractivity contribution in [2.24, 2.45) is 5.92 Å². The Morgan fingerprint density at radius 3 is 2.84 bits per heavy atom. The van der Waals surface area contributed by atoms with Gasteiger partial charge in [-0.25, -0.2) is 5.21 Å². The van der Waals surface area contributed by atoms with Gasteiger partial charge in [-0.3, -0.25) is 9.59 Å². The molecule has 1 saturated heterocycles. The van der Waals surface area contributed by atoms with E-state index in [0.29, 0.717) is 19.6 Å². The first-order chi connectivity index (χ1) is 14.9. The molecular weight excluding hydrogens is 400 g/mol. The van der Waals surface area contributed by atoms with E-state index in [2.05, 4.69) is 0 Å². The van der Waals surface area contributed by atoms with E-state index in [0.717, 1.165) is 28.8 Å². The quantitative estimate of drug-likeness (QED) is 0.605. The second kappa shape index (κ2) is 7.52. The Balaban J connectivity index is 1.36. The molecule has 162 valence electrons. The van der Waals surface area contributed by atoms with Gasteiger partial charge in [0.05, 0.1) is 7.11 Å². The van der Waals surface area contributed by atoms with Crippen LogP contribution in [0.2, 0.25) is 0 Å². The monoisotopic (exact) mass is 424 g/mol. The molecule has 0 radical (unpaired) electrons. The van der Waals surface area contributed by atoms with Gasteiger partial charge in [-0.05, 0) is 42.7 Å². The van der Waals surface area contributed by atoms with Crippen molar-refractivity contribution in [1.29, 1.82) is 0 Å². The normalized spacial score (nSPS) is 21.1. The third-order valence-corrected chi connectivity index (χ3v) is 6.47. The van der Waals surface area contributed by atoms with Gasteiger partial charge in [0.15, 0.2) is 0 Å². The minimum Gasteiger partial charge on any atom is -0.595 e. The van der Waals surface area contributed by atoms with Gasteiger partial charge >= 0.3 is 5.56 Å². The molecule has 0 aliphatic carbocycles. The fourth-order valence-corrected chi connectivity index (χ4v) is 5.00. The van der Waals surface area contributed by atoms with E-state index in [1.54, 1.807) is 17.7 Å². The van der Waals surface area contributed by atoms with Crippen LogP contribution < -0.4 is 15.5 Å². The van der Waals surface area contributed by atoms with E-state index in [9.17, 15) is 20.0 Å². The van der Waals surface area contributed by atoms with Crippen molar-refractivity contribution in [3.05, 3.63) is 63.9 Å². The minimum absolute atomic E-state index is 0.0395. The molecule has 1 fully saturated rings. The molecule has 9 nitrogen and oxygen atoms in total. The van der Waals surface area contributed by atoms with E-state index in [4.69, 9.17) is 4.74 Å². The van der Waals surface area contributed by atoms with Crippen LogP contribution in [0.25, 0.3) is 10.9 Å². The molecule has 2 aliphatic rings. The van der Waals surface area contributed by atoms with Gasteiger partial charge in [0, 0.05) is 54.4 Å². The fourth-order valence-electron chi connectivity index (χ4n) is 5.00. The number of hydrogen-bond acceptors (Lipinski definition) is 5. The van der Waals surface area contributed by atoms with Crippen LogP contribution >= 0.6 is 0 Å². The molecule has 9 heteroatoms. The molecule has 2 N–H and O–H groups in total. The number of quaternary nitrogens is 1. The summed E-state index contributed by atoms with van der Waals surface area (Å²) in [6.07, 6.45) is 2.82. The maximum atomic E-state index is 13.1. The standard InChI is InChI=1S/C22H24N4O5/c1-31-17-2-3-18-15(9-17)6-7-23(18)13-21(27)24-10-14-8-16(12-24)19-4-5-20(26(29)30)22(28)25(19)11-14/h2-7,9,14,16,26,29H,8,10-13H2,1H3/t14-,16?/m0/s1. The van der Waals surface area contributed by atoms with Gasteiger partial charge in [-0.2, -0.15) is 5.23 Å². The van der Waals surface area contributed by atoms with Gasteiger partial charge in [0.2, 0.25) is 11.6 Å². The topological polar surface area (TPSA) is 104 Å². The number of carbonyl (C=O) groups excluding carboxylic acids is 1. The van der Waals surface area contributed by atoms with E-state index >= 15 is 0 Å². The van der Waals surface area contributed by atoms with Crippen LogP contribution in [0.4, 0.5) is 5.69 Å². The van der Waals surface area contributed by atoms with Crippen LogP contribution in [0, 0.1) is 11.1 Å². The lowest BCUT2D eigenvalue weighted by Crippen LogP contribution is -3.00.